The first-order valence-corrected chi connectivity index (χ1v) is 24.4. The Morgan fingerprint density at radius 3 is 1.77 bits per heavy atom. The third kappa shape index (κ3) is 11.5. The molecule has 0 radical (unpaired) electrons. The highest BCUT2D eigenvalue weighted by atomic mass is 32.2. The second-order valence-electron chi connectivity index (χ2n) is 18.6. The number of likely N-dealkylation sites (tertiary alicyclic amines) is 2. The molecule has 362 valence electrons. The van der Waals surface area contributed by atoms with E-state index < -0.39 is 21.7 Å². The van der Waals surface area contributed by atoms with Gasteiger partial charge in [-0.1, -0.05) is 72.8 Å². The first kappa shape index (κ1) is 48.5. The van der Waals surface area contributed by atoms with Crippen LogP contribution in [0.3, 0.4) is 0 Å². The standard InChI is InChI=1S/C52H59N7O9S/c1-52(2,3)68-51(62)57-33-42(34-57)39-13-15-40(16-14-39)46-24-17-41(29-35-25-27-56(28-26-35)50(60)61)48(47(46)49-53-55-59(54-49)32-38-11-22-45(67-6)23-12-38)69(63,64)58(30-36-7-18-43(65-4)19-8-36)31-37-9-20-44(66-5)21-10-37/h7-24,35,42H,25-34H2,1-6H3,(H,60,61). The molecule has 2 fully saturated rings. The number of tetrazole rings is 1. The number of ether oxygens (including phenoxy) is 4. The van der Waals surface area contributed by atoms with Crippen LogP contribution in [-0.2, 0) is 40.8 Å². The Labute approximate surface area is 403 Å². The van der Waals surface area contributed by atoms with Crippen molar-refractivity contribution in [1.29, 1.82) is 0 Å². The third-order valence-electron chi connectivity index (χ3n) is 12.7. The number of carbonyl (C=O) groups excluding carboxylic acids is 1. The SMILES string of the molecule is COc1ccc(CN(Cc2ccc(OC)cc2)S(=O)(=O)c2c(CC3CCN(C(=O)O)CC3)ccc(-c3ccc(C4CN(C(=O)OC(C)(C)C)C4)cc3)c2-c2nnn(Cc3ccc(OC)cc3)n2)cc1. The summed E-state index contributed by atoms with van der Waals surface area (Å²) in [7, 11) is 0.310. The molecular weight excluding hydrogens is 899 g/mol. The normalized spacial score (nSPS) is 14.7. The van der Waals surface area contributed by atoms with Crippen LogP contribution in [0.2, 0.25) is 0 Å². The van der Waals surface area contributed by atoms with Crippen molar-refractivity contribution in [3.8, 4) is 39.8 Å². The summed E-state index contributed by atoms with van der Waals surface area (Å²) in [6.45, 7) is 7.56. The van der Waals surface area contributed by atoms with Crippen molar-refractivity contribution in [2.45, 2.75) is 76.1 Å². The van der Waals surface area contributed by atoms with Crippen LogP contribution >= 0.6 is 0 Å². The summed E-state index contributed by atoms with van der Waals surface area (Å²) in [6.07, 6.45) is 0.178. The zero-order chi connectivity index (χ0) is 48.9. The molecule has 3 heterocycles. The van der Waals surface area contributed by atoms with Gasteiger partial charge in [-0.3, -0.25) is 0 Å². The van der Waals surface area contributed by atoms with E-state index in [0.29, 0.717) is 79.4 Å². The summed E-state index contributed by atoms with van der Waals surface area (Å²) in [5, 5.41) is 23.8. The molecule has 0 spiro atoms. The molecule has 0 aliphatic carbocycles. The lowest BCUT2D eigenvalue weighted by molar-refractivity contribution is 0.00818. The minimum atomic E-state index is -4.46. The molecule has 69 heavy (non-hydrogen) atoms. The van der Waals surface area contributed by atoms with Gasteiger partial charge in [0.15, 0.2) is 0 Å². The number of nitrogens with zero attached hydrogens (tertiary/aromatic N) is 7. The maximum atomic E-state index is 16.1. The minimum absolute atomic E-state index is 0.00871. The number of benzene rings is 5. The van der Waals surface area contributed by atoms with Crippen LogP contribution in [-0.4, -0.2) is 113 Å². The molecule has 0 unspecified atom stereocenters. The first-order chi connectivity index (χ1) is 33.1. The van der Waals surface area contributed by atoms with E-state index in [4.69, 9.17) is 24.0 Å². The Hall–Kier alpha value is -6.98. The molecule has 2 amide bonds. The fourth-order valence-corrected chi connectivity index (χ4v) is 10.6. The van der Waals surface area contributed by atoms with E-state index >= 15 is 8.42 Å². The fraction of sp³-hybridized carbons (Fsp3) is 0.365. The summed E-state index contributed by atoms with van der Waals surface area (Å²) >= 11 is 0. The van der Waals surface area contributed by atoms with Gasteiger partial charge in [0.25, 0.3) is 0 Å². The van der Waals surface area contributed by atoms with E-state index in [9.17, 15) is 14.7 Å². The average molecular weight is 958 g/mol. The molecule has 6 aromatic rings. The maximum absolute atomic E-state index is 16.1. The summed E-state index contributed by atoms with van der Waals surface area (Å²) in [4.78, 5) is 29.3. The van der Waals surface area contributed by atoms with Gasteiger partial charge < -0.3 is 33.9 Å². The van der Waals surface area contributed by atoms with Crippen molar-refractivity contribution < 1.29 is 42.1 Å². The van der Waals surface area contributed by atoms with E-state index in [0.717, 1.165) is 27.8 Å². The van der Waals surface area contributed by atoms with Crippen LogP contribution in [0.4, 0.5) is 9.59 Å². The van der Waals surface area contributed by atoms with E-state index in [-0.39, 0.29) is 48.3 Å². The van der Waals surface area contributed by atoms with Gasteiger partial charge in [0.1, 0.15) is 22.8 Å². The largest absolute Gasteiger partial charge is 0.497 e. The number of carboxylic acid groups (broad SMARTS) is 1. The second-order valence-corrected chi connectivity index (χ2v) is 20.4. The Morgan fingerprint density at radius 1 is 0.725 bits per heavy atom. The van der Waals surface area contributed by atoms with Crippen LogP contribution in [0.15, 0.2) is 114 Å². The molecule has 0 atom stereocenters. The van der Waals surface area contributed by atoms with Gasteiger partial charge >= 0.3 is 12.2 Å². The van der Waals surface area contributed by atoms with Gasteiger partial charge in [-0.05, 0) is 127 Å². The van der Waals surface area contributed by atoms with E-state index in [1.165, 1.54) is 14.0 Å². The zero-order valence-corrected chi connectivity index (χ0v) is 40.7. The fourth-order valence-electron chi connectivity index (χ4n) is 8.81. The van der Waals surface area contributed by atoms with Gasteiger partial charge in [0, 0.05) is 45.2 Å². The van der Waals surface area contributed by atoms with Crippen molar-refractivity contribution in [3.63, 3.8) is 0 Å². The lowest BCUT2D eigenvalue weighted by atomic mass is 9.87. The molecule has 0 saturated carbocycles. The topological polar surface area (TPSA) is 179 Å². The molecule has 0 bridgehead atoms. The molecule has 2 saturated heterocycles. The van der Waals surface area contributed by atoms with Gasteiger partial charge in [-0.15, -0.1) is 10.2 Å². The highest BCUT2D eigenvalue weighted by Gasteiger charge is 2.37. The van der Waals surface area contributed by atoms with Gasteiger partial charge in [-0.2, -0.15) is 9.10 Å². The summed E-state index contributed by atoms with van der Waals surface area (Å²) < 4.78 is 55.6. The van der Waals surface area contributed by atoms with Crippen molar-refractivity contribution >= 4 is 22.2 Å². The smallest absolute Gasteiger partial charge is 0.410 e. The third-order valence-corrected chi connectivity index (χ3v) is 14.6. The number of piperidine rings is 1. The Bertz CT molecular complexity index is 2790. The maximum Gasteiger partial charge on any atom is 0.410 e. The monoisotopic (exact) mass is 957 g/mol. The molecule has 2 aliphatic heterocycles. The molecule has 16 nitrogen and oxygen atoms in total. The van der Waals surface area contributed by atoms with Crippen LogP contribution < -0.4 is 14.2 Å². The molecule has 2 aliphatic rings. The van der Waals surface area contributed by atoms with Crippen molar-refractivity contribution in [3.05, 3.63) is 137 Å². The van der Waals surface area contributed by atoms with Crippen LogP contribution in [0.25, 0.3) is 22.5 Å². The summed E-state index contributed by atoms with van der Waals surface area (Å²) in [5.41, 5.74) is 5.00. The second kappa shape index (κ2) is 20.7. The summed E-state index contributed by atoms with van der Waals surface area (Å²) in [5.74, 6) is 2.20. The first-order valence-electron chi connectivity index (χ1n) is 23.0. The predicted molar refractivity (Wildman–Crippen MR) is 260 cm³/mol. The highest BCUT2D eigenvalue weighted by molar-refractivity contribution is 7.89. The molecule has 5 aromatic carbocycles. The van der Waals surface area contributed by atoms with E-state index in [1.54, 1.807) is 26.2 Å². The minimum Gasteiger partial charge on any atom is -0.497 e. The lowest BCUT2D eigenvalue weighted by Crippen LogP contribution is -2.50. The van der Waals surface area contributed by atoms with E-state index in [1.807, 2.05) is 130 Å². The number of rotatable bonds is 16. The highest BCUT2D eigenvalue weighted by Crippen LogP contribution is 2.42. The predicted octanol–water partition coefficient (Wildman–Crippen LogP) is 8.74. The Kier molecular flexibility index (Phi) is 14.6. The quantitative estimate of drug-likeness (QED) is 0.0977. The number of methoxy groups -OCH3 is 3. The van der Waals surface area contributed by atoms with Gasteiger partial charge in [0.05, 0.1) is 38.3 Å². The van der Waals surface area contributed by atoms with Crippen molar-refractivity contribution in [2.75, 3.05) is 47.5 Å². The van der Waals surface area contributed by atoms with Crippen LogP contribution in [0, 0.1) is 5.92 Å². The molecule has 17 heteroatoms. The Morgan fingerprint density at radius 2 is 1.26 bits per heavy atom. The number of sulfonamides is 1. The van der Waals surface area contributed by atoms with E-state index in [2.05, 4.69) is 10.3 Å². The van der Waals surface area contributed by atoms with Crippen molar-refractivity contribution in [2.24, 2.45) is 5.92 Å². The van der Waals surface area contributed by atoms with Crippen LogP contribution in [0.1, 0.15) is 67.3 Å². The molecular formula is C52H59N7O9S. The molecule has 1 N–H and O–H groups in total. The van der Waals surface area contributed by atoms with Crippen LogP contribution in [0.5, 0.6) is 17.2 Å². The number of amides is 2. The zero-order valence-electron chi connectivity index (χ0n) is 39.9. The Balaban J connectivity index is 1.26. The van der Waals surface area contributed by atoms with Crippen molar-refractivity contribution in [1.82, 2.24) is 34.3 Å². The number of hydrogen-bond donors (Lipinski definition) is 1. The summed E-state index contributed by atoms with van der Waals surface area (Å²) in [6, 6.07) is 33.9. The number of aromatic nitrogens is 4. The average Bonchev–Trinajstić information content (AvgIpc) is 3.79. The molecule has 1 aromatic heterocycles. The molecule has 8 rings (SSSR count). The van der Waals surface area contributed by atoms with Gasteiger partial charge in [-0.25, -0.2) is 18.0 Å². The number of carbonyl (C=O) groups is 2. The number of hydrogen-bond acceptors (Lipinski definition) is 11. The van der Waals surface area contributed by atoms with Gasteiger partial charge in [0.2, 0.25) is 15.8 Å². The lowest BCUT2D eigenvalue weighted by Gasteiger charge is -2.40.